The van der Waals surface area contributed by atoms with E-state index in [1.165, 1.54) is 0 Å². The topological polar surface area (TPSA) is 58.6 Å². The summed E-state index contributed by atoms with van der Waals surface area (Å²) in [5.41, 5.74) is -0.436. The van der Waals surface area contributed by atoms with E-state index in [-0.39, 0.29) is 30.0 Å². The lowest BCUT2D eigenvalue weighted by atomic mass is 9.93. The molecule has 1 heterocycles. The van der Waals surface area contributed by atoms with E-state index < -0.39 is 5.60 Å². The molecule has 0 aromatic rings. The van der Waals surface area contributed by atoms with Crippen LogP contribution in [0.4, 0.5) is 0 Å². The maximum absolute atomic E-state index is 11.9. The van der Waals surface area contributed by atoms with Crippen molar-refractivity contribution in [3.05, 3.63) is 0 Å². The number of aliphatic hydroxyl groups excluding tert-OH is 1. The highest BCUT2D eigenvalue weighted by molar-refractivity contribution is 5.77. The molecule has 4 nitrogen and oxygen atoms in total. The molecule has 4 atom stereocenters. The summed E-state index contributed by atoms with van der Waals surface area (Å²) in [7, 11) is 0. The third kappa shape index (κ3) is 2.23. The van der Waals surface area contributed by atoms with E-state index in [0.717, 1.165) is 19.4 Å². The maximum atomic E-state index is 11.9. The van der Waals surface area contributed by atoms with Gasteiger partial charge in [-0.05, 0) is 39.5 Å². The standard InChI is InChI=1S/C12H21NO3/c1-12(2,3)16-11(15)10-7-4-5-9(14)8(7)6-13-10/h7-10,13-14H,4-6H2,1-3H3. The highest BCUT2D eigenvalue weighted by Crippen LogP contribution is 2.38. The third-order valence-corrected chi connectivity index (χ3v) is 3.50. The highest BCUT2D eigenvalue weighted by Gasteiger charge is 2.48. The van der Waals surface area contributed by atoms with Gasteiger partial charge in [-0.1, -0.05) is 0 Å². The molecule has 0 spiro atoms. The normalized spacial score (nSPS) is 38.5. The Labute approximate surface area is 96.4 Å². The molecule has 2 fully saturated rings. The Morgan fingerprint density at radius 1 is 1.31 bits per heavy atom. The van der Waals surface area contributed by atoms with E-state index in [2.05, 4.69) is 5.32 Å². The fourth-order valence-corrected chi connectivity index (χ4v) is 2.82. The molecule has 1 saturated heterocycles. The van der Waals surface area contributed by atoms with Crippen molar-refractivity contribution in [3.63, 3.8) is 0 Å². The molecule has 92 valence electrons. The number of hydrogen-bond acceptors (Lipinski definition) is 4. The summed E-state index contributed by atoms with van der Waals surface area (Å²) in [5, 5.41) is 12.9. The molecule has 0 aromatic carbocycles. The molecule has 4 unspecified atom stereocenters. The predicted octanol–water partition coefficient (Wildman–Crippen LogP) is 0.687. The van der Waals surface area contributed by atoms with Crippen LogP contribution in [0.5, 0.6) is 0 Å². The average molecular weight is 227 g/mol. The van der Waals surface area contributed by atoms with Crippen LogP contribution in [-0.2, 0) is 9.53 Å². The minimum absolute atomic E-state index is 0.172. The van der Waals surface area contributed by atoms with E-state index in [1.807, 2.05) is 20.8 Å². The molecule has 2 rings (SSSR count). The number of fused-ring (bicyclic) bond motifs is 1. The summed E-state index contributed by atoms with van der Waals surface area (Å²) >= 11 is 0. The molecular weight excluding hydrogens is 206 g/mol. The second kappa shape index (κ2) is 4.00. The molecule has 16 heavy (non-hydrogen) atoms. The SMILES string of the molecule is CC(C)(C)OC(=O)C1NCC2C(O)CCC12. The lowest BCUT2D eigenvalue weighted by Gasteiger charge is -2.24. The summed E-state index contributed by atoms with van der Waals surface area (Å²) in [6.07, 6.45) is 1.49. The summed E-state index contributed by atoms with van der Waals surface area (Å²) < 4.78 is 5.38. The Bertz CT molecular complexity index is 284. The van der Waals surface area contributed by atoms with Crippen LogP contribution in [0.25, 0.3) is 0 Å². The van der Waals surface area contributed by atoms with Crippen molar-refractivity contribution < 1.29 is 14.6 Å². The van der Waals surface area contributed by atoms with E-state index in [4.69, 9.17) is 4.74 Å². The van der Waals surface area contributed by atoms with Gasteiger partial charge in [0.1, 0.15) is 11.6 Å². The van der Waals surface area contributed by atoms with Gasteiger partial charge in [0.25, 0.3) is 0 Å². The van der Waals surface area contributed by atoms with Gasteiger partial charge in [-0.25, -0.2) is 0 Å². The molecule has 0 amide bonds. The summed E-state index contributed by atoms with van der Waals surface area (Å²) in [4.78, 5) is 11.9. The molecule has 1 saturated carbocycles. The Morgan fingerprint density at radius 2 is 2.00 bits per heavy atom. The van der Waals surface area contributed by atoms with Gasteiger partial charge in [-0.2, -0.15) is 0 Å². The van der Waals surface area contributed by atoms with Gasteiger partial charge < -0.3 is 15.2 Å². The number of ether oxygens (including phenoxy) is 1. The number of carbonyl (C=O) groups is 1. The minimum atomic E-state index is -0.436. The molecule has 0 aromatic heterocycles. The average Bonchev–Trinajstić information content (AvgIpc) is 2.66. The molecule has 4 heteroatoms. The Kier molecular flexibility index (Phi) is 2.97. The van der Waals surface area contributed by atoms with Crippen molar-refractivity contribution in [2.24, 2.45) is 11.8 Å². The molecule has 1 aliphatic carbocycles. The third-order valence-electron chi connectivity index (χ3n) is 3.50. The number of carbonyl (C=O) groups excluding carboxylic acids is 1. The van der Waals surface area contributed by atoms with Gasteiger partial charge in [0.05, 0.1) is 6.10 Å². The van der Waals surface area contributed by atoms with Gasteiger partial charge in [-0.15, -0.1) is 0 Å². The lowest BCUT2D eigenvalue weighted by molar-refractivity contribution is -0.158. The zero-order valence-electron chi connectivity index (χ0n) is 10.2. The van der Waals surface area contributed by atoms with Crippen LogP contribution in [-0.4, -0.2) is 35.4 Å². The van der Waals surface area contributed by atoms with Crippen LogP contribution in [0.1, 0.15) is 33.6 Å². The lowest BCUT2D eigenvalue weighted by Crippen LogP contribution is -2.40. The highest BCUT2D eigenvalue weighted by atomic mass is 16.6. The van der Waals surface area contributed by atoms with Crippen LogP contribution in [0, 0.1) is 11.8 Å². The number of hydrogen-bond donors (Lipinski definition) is 2. The Morgan fingerprint density at radius 3 is 2.62 bits per heavy atom. The first-order chi connectivity index (χ1) is 7.38. The van der Waals surface area contributed by atoms with E-state index in [9.17, 15) is 9.90 Å². The number of rotatable bonds is 1. The summed E-state index contributed by atoms with van der Waals surface area (Å²) in [6, 6.07) is -0.221. The van der Waals surface area contributed by atoms with Crippen LogP contribution >= 0.6 is 0 Å². The summed E-state index contributed by atoms with van der Waals surface area (Å²) in [5.74, 6) is 0.316. The Balaban J connectivity index is 1.99. The monoisotopic (exact) mass is 227 g/mol. The van der Waals surface area contributed by atoms with Crippen molar-refractivity contribution in [2.45, 2.75) is 51.4 Å². The number of esters is 1. The predicted molar refractivity (Wildman–Crippen MR) is 59.9 cm³/mol. The minimum Gasteiger partial charge on any atom is -0.459 e. The molecule has 0 bridgehead atoms. The Hall–Kier alpha value is -0.610. The molecule has 2 aliphatic rings. The fourth-order valence-electron chi connectivity index (χ4n) is 2.82. The van der Waals surface area contributed by atoms with Crippen molar-refractivity contribution in [1.82, 2.24) is 5.32 Å². The summed E-state index contributed by atoms with van der Waals surface area (Å²) in [6.45, 7) is 6.36. The first-order valence-corrected chi connectivity index (χ1v) is 6.03. The van der Waals surface area contributed by atoms with Gasteiger partial charge in [0.2, 0.25) is 0 Å². The fraction of sp³-hybridized carbons (Fsp3) is 0.917. The molecule has 1 aliphatic heterocycles. The van der Waals surface area contributed by atoms with Crippen molar-refractivity contribution >= 4 is 5.97 Å². The van der Waals surface area contributed by atoms with Gasteiger partial charge in [0, 0.05) is 12.5 Å². The number of nitrogens with one attached hydrogen (secondary N) is 1. The smallest absolute Gasteiger partial charge is 0.323 e. The molecule has 2 N–H and O–H groups in total. The first-order valence-electron chi connectivity index (χ1n) is 6.03. The van der Waals surface area contributed by atoms with Crippen LogP contribution in [0.2, 0.25) is 0 Å². The second-order valence-corrected chi connectivity index (χ2v) is 5.89. The van der Waals surface area contributed by atoms with E-state index in [1.54, 1.807) is 0 Å². The van der Waals surface area contributed by atoms with Crippen LogP contribution < -0.4 is 5.32 Å². The van der Waals surface area contributed by atoms with Crippen LogP contribution in [0.15, 0.2) is 0 Å². The van der Waals surface area contributed by atoms with Gasteiger partial charge >= 0.3 is 5.97 Å². The maximum Gasteiger partial charge on any atom is 0.323 e. The second-order valence-electron chi connectivity index (χ2n) is 5.89. The van der Waals surface area contributed by atoms with Gasteiger partial charge in [-0.3, -0.25) is 4.79 Å². The van der Waals surface area contributed by atoms with E-state index in [0.29, 0.717) is 0 Å². The van der Waals surface area contributed by atoms with Crippen LogP contribution in [0.3, 0.4) is 0 Å². The van der Waals surface area contributed by atoms with Crippen molar-refractivity contribution in [2.75, 3.05) is 6.54 Å². The van der Waals surface area contributed by atoms with Crippen molar-refractivity contribution in [3.8, 4) is 0 Å². The van der Waals surface area contributed by atoms with Gasteiger partial charge in [0.15, 0.2) is 0 Å². The largest absolute Gasteiger partial charge is 0.459 e. The first kappa shape index (κ1) is 11.9. The quantitative estimate of drug-likeness (QED) is 0.647. The zero-order valence-corrected chi connectivity index (χ0v) is 10.2. The number of aliphatic hydroxyl groups is 1. The van der Waals surface area contributed by atoms with Crippen molar-refractivity contribution in [1.29, 1.82) is 0 Å². The zero-order chi connectivity index (χ0) is 11.9. The molecular formula is C12H21NO3. The van der Waals surface area contributed by atoms with E-state index >= 15 is 0 Å². The molecule has 0 radical (unpaired) electrons.